The quantitative estimate of drug-likeness (QED) is 0.212. The first kappa shape index (κ1) is 24.2. The van der Waals surface area contributed by atoms with Crippen molar-refractivity contribution in [2.24, 2.45) is 0 Å². The van der Waals surface area contributed by atoms with Crippen LogP contribution in [-0.4, -0.2) is 48.2 Å². The van der Waals surface area contributed by atoms with Crippen LogP contribution in [0.1, 0.15) is 11.1 Å². The molecule has 0 bridgehead atoms. The molecule has 0 saturated carbocycles. The highest BCUT2D eigenvalue weighted by atomic mass is 32.9. The third kappa shape index (κ3) is 5.66. The summed E-state index contributed by atoms with van der Waals surface area (Å²) in [6.45, 7) is 5.67. The molecule has 0 radical (unpaired) electrons. The van der Waals surface area contributed by atoms with Crippen LogP contribution in [-0.2, 0) is 13.1 Å². The third-order valence-corrected chi connectivity index (χ3v) is 9.53. The Morgan fingerprint density at radius 1 is 0.829 bits per heavy atom. The van der Waals surface area contributed by atoms with Crippen molar-refractivity contribution in [3.63, 3.8) is 0 Å². The lowest BCUT2D eigenvalue weighted by Gasteiger charge is -2.35. The number of aromatic hydroxyl groups is 1. The van der Waals surface area contributed by atoms with Gasteiger partial charge in [0.25, 0.3) is 0 Å². The van der Waals surface area contributed by atoms with Crippen LogP contribution < -0.4 is 4.74 Å². The summed E-state index contributed by atoms with van der Waals surface area (Å²) in [7, 11) is 5.05. The second kappa shape index (κ2) is 11.0. The molecule has 1 saturated heterocycles. The van der Waals surface area contributed by atoms with Gasteiger partial charge in [0, 0.05) is 50.4 Å². The standard InChI is InChI=1S/C28H28N2O2S3/c1-32-24-10-7-20(8-11-24)18-29-13-15-30(16-14-29)19-23-17-22(9-12-25(23)31)27-26(28(33)35-34-27)21-5-3-2-4-6-21/h2-12,17,31H,13-16,18-19H2,1H3. The van der Waals surface area contributed by atoms with Gasteiger partial charge in [0.1, 0.15) is 15.3 Å². The summed E-state index contributed by atoms with van der Waals surface area (Å²) in [5.74, 6) is 1.25. The lowest BCUT2D eigenvalue weighted by molar-refractivity contribution is 0.121. The van der Waals surface area contributed by atoms with E-state index in [0.717, 1.165) is 71.1 Å². The van der Waals surface area contributed by atoms with Gasteiger partial charge in [0.15, 0.2) is 0 Å². The van der Waals surface area contributed by atoms with Gasteiger partial charge in [-0.05, 0) is 47.0 Å². The Balaban J connectivity index is 1.27. The Morgan fingerprint density at radius 2 is 1.51 bits per heavy atom. The van der Waals surface area contributed by atoms with Gasteiger partial charge >= 0.3 is 0 Å². The number of rotatable bonds is 7. The predicted octanol–water partition coefficient (Wildman–Crippen LogP) is 6.91. The smallest absolute Gasteiger partial charge is 0.120 e. The van der Waals surface area contributed by atoms with E-state index < -0.39 is 0 Å². The number of nitrogens with zero attached hydrogens (tertiary/aromatic N) is 2. The van der Waals surface area contributed by atoms with Crippen LogP contribution in [0.3, 0.4) is 0 Å². The van der Waals surface area contributed by atoms with Gasteiger partial charge in [-0.3, -0.25) is 9.80 Å². The van der Waals surface area contributed by atoms with E-state index in [2.05, 4.69) is 40.1 Å². The largest absolute Gasteiger partial charge is 0.508 e. The van der Waals surface area contributed by atoms with Crippen molar-refractivity contribution in [1.29, 1.82) is 0 Å². The van der Waals surface area contributed by atoms with Crippen molar-refractivity contribution in [3.8, 4) is 33.1 Å². The van der Waals surface area contributed by atoms with Crippen LogP contribution in [0.2, 0.25) is 0 Å². The molecule has 0 atom stereocenters. The summed E-state index contributed by atoms with van der Waals surface area (Å²) >= 11 is 5.68. The highest BCUT2D eigenvalue weighted by Gasteiger charge is 2.20. The molecule has 0 spiro atoms. The van der Waals surface area contributed by atoms with E-state index in [1.807, 2.05) is 42.5 Å². The molecule has 0 aliphatic carbocycles. The van der Waals surface area contributed by atoms with Crippen molar-refractivity contribution in [1.82, 2.24) is 9.80 Å². The second-order valence-electron chi connectivity index (χ2n) is 8.77. The number of phenols is 1. The first-order valence-corrected chi connectivity index (χ1v) is 14.2. The van der Waals surface area contributed by atoms with Crippen molar-refractivity contribution >= 4 is 32.9 Å². The molecule has 3 aromatic carbocycles. The highest BCUT2D eigenvalue weighted by Crippen LogP contribution is 2.42. The van der Waals surface area contributed by atoms with E-state index >= 15 is 0 Å². The molecule has 1 fully saturated rings. The normalized spacial score (nSPS) is 14.8. The zero-order valence-electron chi connectivity index (χ0n) is 19.6. The molecule has 180 valence electrons. The Kier molecular flexibility index (Phi) is 7.60. The van der Waals surface area contributed by atoms with Gasteiger partial charge < -0.3 is 9.84 Å². The van der Waals surface area contributed by atoms with Gasteiger partial charge in [0.05, 0.1) is 12.0 Å². The Bertz CT molecular complexity index is 1320. The summed E-state index contributed by atoms with van der Waals surface area (Å²) in [6, 6.07) is 24.6. The fourth-order valence-electron chi connectivity index (χ4n) is 4.49. The van der Waals surface area contributed by atoms with Gasteiger partial charge in [-0.15, -0.1) is 0 Å². The molecule has 1 aliphatic rings. The van der Waals surface area contributed by atoms with Gasteiger partial charge in [-0.25, -0.2) is 0 Å². The van der Waals surface area contributed by atoms with Crippen LogP contribution in [0, 0.1) is 3.82 Å². The topological polar surface area (TPSA) is 35.9 Å². The summed E-state index contributed by atoms with van der Waals surface area (Å²) in [5, 5.41) is 10.6. The van der Waals surface area contributed by atoms with Gasteiger partial charge in [0.2, 0.25) is 0 Å². The number of phenolic OH excluding ortho intramolecular Hbond substituents is 1. The van der Waals surface area contributed by atoms with Crippen LogP contribution in [0.15, 0.2) is 72.8 Å². The minimum Gasteiger partial charge on any atom is -0.508 e. The van der Waals surface area contributed by atoms with Crippen molar-refractivity contribution in [2.75, 3.05) is 33.3 Å². The SMILES string of the molecule is COc1ccc(CN2CCN(Cc3cc(-c4ssc(=S)c4-c4ccccc4)ccc3O)CC2)cc1. The number of hydrogen-bond acceptors (Lipinski definition) is 7. The van der Waals surface area contributed by atoms with E-state index in [9.17, 15) is 5.11 Å². The molecule has 7 heteroatoms. The molecule has 5 rings (SSSR count). The lowest BCUT2D eigenvalue weighted by Crippen LogP contribution is -2.45. The Hall–Kier alpha value is -2.55. The van der Waals surface area contributed by atoms with Gasteiger partial charge in [-0.1, -0.05) is 75.4 Å². The summed E-state index contributed by atoms with van der Waals surface area (Å²) in [6.07, 6.45) is 0. The predicted molar refractivity (Wildman–Crippen MR) is 149 cm³/mol. The number of hydrogen-bond donors (Lipinski definition) is 1. The van der Waals surface area contributed by atoms with E-state index in [0.29, 0.717) is 5.75 Å². The molecule has 0 amide bonds. The monoisotopic (exact) mass is 520 g/mol. The fraction of sp³-hybridized carbons (Fsp3) is 0.250. The molecule has 4 aromatic rings. The molecule has 1 aromatic heterocycles. The summed E-state index contributed by atoms with van der Waals surface area (Å²) in [5.41, 5.74) is 5.66. The zero-order chi connectivity index (χ0) is 24.2. The minimum atomic E-state index is 0.356. The van der Waals surface area contributed by atoms with Crippen molar-refractivity contribution in [3.05, 3.63) is 87.7 Å². The molecule has 4 nitrogen and oxygen atoms in total. The number of methoxy groups -OCH3 is 1. The molecular formula is C28H28N2O2S3. The molecule has 35 heavy (non-hydrogen) atoms. The summed E-state index contributed by atoms with van der Waals surface area (Å²) in [4.78, 5) is 6.09. The molecule has 1 N–H and O–H groups in total. The lowest BCUT2D eigenvalue weighted by atomic mass is 10.0. The second-order valence-corrected chi connectivity index (χ2v) is 11.6. The van der Waals surface area contributed by atoms with Crippen LogP contribution >= 0.6 is 32.9 Å². The van der Waals surface area contributed by atoms with E-state index in [1.165, 1.54) is 10.4 Å². The maximum Gasteiger partial charge on any atom is 0.120 e. The minimum absolute atomic E-state index is 0.356. The average Bonchev–Trinajstić information content (AvgIpc) is 3.28. The van der Waals surface area contributed by atoms with Crippen LogP contribution in [0.5, 0.6) is 11.5 Å². The average molecular weight is 521 g/mol. The van der Waals surface area contributed by atoms with E-state index in [4.69, 9.17) is 17.0 Å². The molecule has 0 unspecified atom stereocenters. The zero-order valence-corrected chi connectivity index (χ0v) is 22.1. The Morgan fingerprint density at radius 3 is 2.20 bits per heavy atom. The molecule has 2 heterocycles. The van der Waals surface area contributed by atoms with Crippen LogP contribution in [0.25, 0.3) is 21.6 Å². The fourth-order valence-corrected chi connectivity index (χ4v) is 7.40. The summed E-state index contributed by atoms with van der Waals surface area (Å²) < 4.78 is 6.18. The molecular weight excluding hydrogens is 493 g/mol. The van der Waals surface area contributed by atoms with Crippen LogP contribution in [0.4, 0.5) is 0 Å². The first-order chi connectivity index (χ1) is 17.1. The van der Waals surface area contributed by atoms with E-state index in [-0.39, 0.29) is 0 Å². The number of ether oxygens (including phenoxy) is 1. The number of benzene rings is 3. The van der Waals surface area contributed by atoms with E-state index in [1.54, 1.807) is 27.8 Å². The maximum atomic E-state index is 10.6. The first-order valence-electron chi connectivity index (χ1n) is 11.7. The van der Waals surface area contributed by atoms with Crippen molar-refractivity contribution in [2.45, 2.75) is 13.1 Å². The Labute approximate surface area is 219 Å². The third-order valence-electron chi connectivity index (χ3n) is 6.46. The maximum absolute atomic E-state index is 10.6. The van der Waals surface area contributed by atoms with Gasteiger partial charge in [-0.2, -0.15) is 0 Å². The van der Waals surface area contributed by atoms with Crippen molar-refractivity contribution < 1.29 is 9.84 Å². The number of piperazine rings is 1. The molecule has 1 aliphatic heterocycles. The highest BCUT2D eigenvalue weighted by molar-refractivity contribution is 7.80.